The largest absolute Gasteiger partial charge is 0.481 e. The molecule has 1 aromatic carbocycles. The van der Waals surface area contributed by atoms with Crippen LogP contribution in [0.2, 0.25) is 0 Å². The molecule has 2 aliphatic rings. The monoisotopic (exact) mass is 337 g/mol. The van der Waals surface area contributed by atoms with Gasteiger partial charge in [-0.1, -0.05) is 28.9 Å². The molecule has 0 saturated carbocycles. The first-order chi connectivity index (χ1) is 9.55. The molecule has 0 spiro atoms. The molecule has 1 N–H and O–H groups in total. The molecular weight excluding hydrogens is 318 g/mol. The first kappa shape index (κ1) is 14.1. The summed E-state index contributed by atoms with van der Waals surface area (Å²) in [6.07, 6.45) is 3.72. The highest BCUT2D eigenvalue weighted by molar-refractivity contribution is 9.10. The van der Waals surface area contributed by atoms with Crippen LogP contribution in [0.5, 0.6) is 0 Å². The van der Waals surface area contributed by atoms with Crippen molar-refractivity contribution in [2.24, 2.45) is 5.41 Å². The number of likely N-dealkylation sites (tertiary alicyclic amines) is 1. The number of benzene rings is 1. The highest BCUT2D eigenvalue weighted by Gasteiger charge is 2.45. The lowest BCUT2D eigenvalue weighted by Crippen LogP contribution is -2.35. The van der Waals surface area contributed by atoms with E-state index >= 15 is 0 Å². The normalized spacial score (nSPS) is 29.6. The predicted molar refractivity (Wildman–Crippen MR) is 81.8 cm³/mol. The number of aliphatic carboxylic acids is 1. The SMILES string of the molecule is CCC1(C(=O)O)CCN(C2CCc3cc(Br)ccc32)C1. The van der Waals surface area contributed by atoms with Gasteiger partial charge in [0.2, 0.25) is 0 Å². The standard InChI is InChI=1S/C16H20BrNO2/c1-2-16(15(19)20)7-8-18(10-16)14-6-3-11-9-12(17)4-5-13(11)14/h4-5,9,14H,2-3,6-8,10H2,1H3,(H,19,20). The lowest BCUT2D eigenvalue weighted by Gasteiger charge is -2.27. The van der Waals surface area contributed by atoms with Crippen molar-refractivity contribution in [2.75, 3.05) is 13.1 Å². The minimum Gasteiger partial charge on any atom is -0.481 e. The second-order valence-electron chi connectivity index (χ2n) is 6.06. The van der Waals surface area contributed by atoms with Crippen molar-refractivity contribution < 1.29 is 9.90 Å². The quantitative estimate of drug-likeness (QED) is 0.915. The zero-order valence-corrected chi connectivity index (χ0v) is 13.3. The molecule has 1 aliphatic carbocycles. The summed E-state index contributed by atoms with van der Waals surface area (Å²) in [6.45, 7) is 3.59. The topological polar surface area (TPSA) is 40.5 Å². The molecule has 1 saturated heterocycles. The summed E-state index contributed by atoms with van der Waals surface area (Å²) >= 11 is 3.53. The van der Waals surface area contributed by atoms with Crippen molar-refractivity contribution in [1.82, 2.24) is 4.90 Å². The Bertz CT molecular complexity index is 545. The van der Waals surface area contributed by atoms with Crippen LogP contribution in [-0.4, -0.2) is 29.1 Å². The Hall–Kier alpha value is -0.870. The molecule has 2 atom stereocenters. The van der Waals surface area contributed by atoms with Gasteiger partial charge < -0.3 is 5.11 Å². The van der Waals surface area contributed by atoms with Crippen molar-refractivity contribution in [1.29, 1.82) is 0 Å². The van der Waals surface area contributed by atoms with Crippen LogP contribution in [0.1, 0.15) is 43.4 Å². The van der Waals surface area contributed by atoms with Crippen LogP contribution in [0.4, 0.5) is 0 Å². The first-order valence-electron chi connectivity index (χ1n) is 7.31. The lowest BCUT2D eigenvalue weighted by atomic mass is 9.84. The summed E-state index contributed by atoms with van der Waals surface area (Å²) in [7, 11) is 0. The fourth-order valence-corrected chi connectivity index (χ4v) is 4.14. The summed E-state index contributed by atoms with van der Waals surface area (Å²) in [5.74, 6) is -0.628. The molecule has 108 valence electrons. The highest BCUT2D eigenvalue weighted by atomic mass is 79.9. The number of aryl methyl sites for hydroxylation is 1. The van der Waals surface area contributed by atoms with Gasteiger partial charge >= 0.3 is 5.97 Å². The van der Waals surface area contributed by atoms with Crippen molar-refractivity contribution in [2.45, 2.75) is 38.6 Å². The van der Waals surface area contributed by atoms with E-state index in [0.29, 0.717) is 12.6 Å². The number of carboxylic acids is 1. The summed E-state index contributed by atoms with van der Waals surface area (Å²) in [5.41, 5.74) is 2.28. The predicted octanol–water partition coefficient (Wildman–Crippen LogP) is 3.62. The average Bonchev–Trinajstić information content (AvgIpc) is 3.01. The van der Waals surface area contributed by atoms with E-state index in [-0.39, 0.29) is 0 Å². The van der Waals surface area contributed by atoms with Crippen LogP contribution in [0.3, 0.4) is 0 Å². The third-order valence-electron chi connectivity index (χ3n) is 5.11. The minimum absolute atomic E-state index is 0.408. The number of hydrogen-bond acceptors (Lipinski definition) is 2. The Morgan fingerprint density at radius 3 is 3.00 bits per heavy atom. The lowest BCUT2D eigenvalue weighted by molar-refractivity contribution is -0.148. The Morgan fingerprint density at radius 1 is 1.55 bits per heavy atom. The van der Waals surface area contributed by atoms with Gasteiger partial charge in [0.05, 0.1) is 5.41 Å². The van der Waals surface area contributed by atoms with Gasteiger partial charge in [0.1, 0.15) is 0 Å². The van der Waals surface area contributed by atoms with Gasteiger partial charge in [-0.15, -0.1) is 0 Å². The minimum atomic E-state index is -0.628. The number of fused-ring (bicyclic) bond motifs is 1. The maximum atomic E-state index is 11.6. The van der Waals surface area contributed by atoms with E-state index in [1.165, 1.54) is 11.1 Å². The molecule has 3 nitrogen and oxygen atoms in total. The Morgan fingerprint density at radius 2 is 2.35 bits per heavy atom. The molecule has 20 heavy (non-hydrogen) atoms. The van der Waals surface area contributed by atoms with Crippen molar-refractivity contribution in [3.63, 3.8) is 0 Å². The molecule has 4 heteroatoms. The van der Waals surface area contributed by atoms with Crippen LogP contribution >= 0.6 is 15.9 Å². The second kappa shape index (κ2) is 5.15. The fourth-order valence-electron chi connectivity index (χ4n) is 3.73. The zero-order valence-electron chi connectivity index (χ0n) is 11.7. The van der Waals surface area contributed by atoms with Gasteiger partial charge in [0.25, 0.3) is 0 Å². The number of halogens is 1. The molecule has 3 rings (SSSR count). The zero-order chi connectivity index (χ0) is 14.3. The summed E-state index contributed by atoms with van der Waals surface area (Å²) in [4.78, 5) is 14.0. The van der Waals surface area contributed by atoms with Crippen LogP contribution in [0.15, 0.2) is 22.7 Å². The Labute approximate surface area is 128 Å². The van der Waals surface area contributed by atoms with E-state index in [0.717, 1.165) is 36.7 Å². The number of hydrogen-bond donors (Lipinski definition) is 1. The number of carboxylic acid groups (broad SMARTS) is 1. The summed E-state index contributed by atoms with van der Waals surface area (Å²) in [6, 6.07) is 6.91. The molecule has 1 aliphatic heterocycles. The van der Waals surface area contributed by atoms with Gasteiger partial charge in [0.15, 0.2) is 0 Å². The molecular formula is C16H20BrNO2. The van der Waals surface area contributed by atoms with Crippen molar-refractivity contribution in [3.05, 3.63) is 33.8 Å². The van der Waals surface area contributed by atoms with Crippen LogP contribution in [0, 0.1) is 5.41 Å². The fraction of sp³-hybridized carbons (Fsp3) is 0.562. The molecule has 1 aromatic rings. The van der Waals surface area contributed by atoms with Gasteiger partial charge in [-0.25, -0.2) is 0 Å². The third-order valence-corrected chi connectivity index (χ3v) is 5.60. The van der Waals surface area contributed by atoms with E-state index in [4.69, 9.17) is 0 Å². The Balaban J connectivity index is 1.82. The van der Waals surface area contributed by atoms with Crippen LogP contribution in [0.25, 0.3) is 0 Å². The van der Waals surface area contributed by atoms with E-state index < -0.39 is 11.4 Å². The molecule has 0 amide bonds. The van der Waals surface area contributed by atoms with Gasteiger partial charge in [-0.3, -0.25) is 9.69 Å². The average molecular weight is 338 g/mol. The van der Waals surface area contributed by atoms with Crippen molar-refractivity contribution >= 4 is 21.9 Å². The molecule has 1 fully saturated rings. The van der Waals surface area contributed by atoms with E-state index in [9.17, 15) is 9.90 Å². The second-order valence-corrected chi connectivity index (χ2v) is 6.97. The highest BCUT2D eigenvalue weighted by Crippen LogP contribution is 2.43. The van der Waals surface area contributed by atoms with Crippen LogP contribution < -0.4 is 0 Å². The summed E-state index contributed by atoms with van der Waals surface area (Å²) < 4.78 is 1.13. The summed E-state index contributed by atoms with van der Waals surface area (Å²) in [5, 5.41) is 9.52. The van der Waals surface area contributed by atoms with E-state index in [2.05, 4.69) is 39.0 Å². The number of rotatable bonds is 3. The van der Waals surface area contributed by atoms with E-state index in [1.807, 2.05) is 6.92 Å². The molecule has 0 bridgehead atoms. The maximum Gasteiger partial charge on any atom is 0.310 e. The molecule has 0 radical (unpaired) electrons. The third kappa shape index (κ3) is 2.19. The Kier molecular flexibility index (Phi) is 3.63. The van der Waals surface area contributed by atoms with Gasteiger partial charge in [0, 0.05) is 17.1 Å². The number of carbonyl (C=O) groups is 1. The maximum absolute atomic E-state index is 11.6. The van der Waals surface area contributed by atoms with Gasteiger partial charge in [-0.2, -0.15) is 0 Å². The smallest absolute Gasteiger partial charge is 0.310 e. The molecule has 0 aromatic heterocycles. The molecule has 2 unspecified atom stereocenters. The van der Waals surface area contributed by atoms with E-state index in [1.54, 1.807) is 0 Å². The van der Waals surface area contributed by atoms with Crippen molar-refractivity contribution in [3.8, 4) is 0 Å². The van der Waals surface area contributed by atoms with Crippen LogP contribution in [-0.2, 0) is 11.2 Å². The number of nitrogens with zero attached hydrogens (tertiary/aromatic N) is 1. The van der Waals surface area contributed by atoms with Gasteiger partial charge in [-0.05, 0) is 55.5 Å². The first-order valence-corrected chi connectivity index (χ1v) is 8.11. The molecule has 1 heterocycles.